The van der Waals surface area contributed by atoms with Gasteiger partial charge in [0.2, 0.25) is 0 Å². The van der Waals surface area contributed by atoms with Crippen LogP contribution >= 0.6 is 0 Å². The van der Waals surface area contributed by atoms with Gasteiger partial charge in [0, 0.05) is 52.2 Å². The van der Waals surface area contributed by atoms with E-state index in [0.717, 1.165) is 44.1 Å². The fourth-order valence-electron chi connectivity index (χ4n) is 3.95. The summed E-state index contributed by atoms with van der Waals surface area (Å²) >= 11 is 0. The Morgan fingerprint density at radius 3 is 2.52 bits per heavy atom. The zero-order chi connectivity index (χ0) is 15.8. The Hall–Kier alpha value is -2.14. The first-order chi connectivity index (χ1) is 11.2. The minimum atomic E-state index is 0.170. The predicted octanol–water partition coefficient (Wildman–Crippen LogP) is 1.62. The van der Waals surface area contributed by atoms with Gasteiger partial charge in [0.25, 0.3) is 5.91 Å². The van der Waals surface area contributed by atoms with Crippen LogP contribution in [-0.2, 0) is 13.6 Å². The van der Waals surface area contributed by atoms with Crippen molar-refractivity contribution in [3.8, 4) is 0 Å². The summed E-state index contributed by atoms with van der Waals surface area (Å²) in [7, 11) is 1.93. The minimum Gasteiger partial charge on any atom is -0.347 e. The molecule has 5 nitrogen and oxygen atoms in total. The largest absolute Gasteiger partial charge is 0.347 e. The average molecular weight is 310 g/mol. The lowest BCUT2D eigenvalue weighted by Gasteiger charge is -2.21. The minimum absolute atomic E-state index is 0.170. The molecular formula is C18H22N4O. The van der Waals surface area contributed by atoms with Gasteiger partial charge >= 0.3 is 0 Å². The first-order valence-electron chi connectivity index (χ1n) is 8.23. The van der Waals surface area contributed by atoms with E-state index in [2.05, 4.69) is 16.0 Å². The molecule has 2 unspecified atom stereocenters. The Kier molecular flexibility index (Phi) is 3.65. The number of likely N-dealkylation sites (tertiary alicyclic amines) is 2. The van der Waals surface area contributed by atoms with Gasteiger partial charge in [-0.25, -0.2) is 0 Å². The molecule has 4 heterocycles. The molecule has 0 spiro atoms. The normalized spacial score (nSPS) is 24.1. The van der Waals surface area contributed by atoms with E-state index in [1.165, 1.54) is 0 Å². The third-order valence-corrected chi connectivity index (χ3v) is 5.12. The van der Waals surface area contributed by atoms with E-state index >= 15 is 0 Å². The molecule has 0 saturated carbocycles. The molecule has 0 radical (unpaired) electrons. The molecule has 2 aliphatic heterocycles. The van der Waals surface area contributed by atoms with Gasteiger partial charge in [-0.1, -0.05) is 6.07 Å². The summed E-state index contributed by atoms with van der Waals surface area (Å²) < 4.78 is 1.91. The molecule has 2 aromatic heterocycles. The number of rotatable bonds is 3. The van der Waals surface area contributed by atoms with Crippen molar-refractivity contribution in [3.63, 3.8) is 0 Å². The molecule has 1 amide bonds. The summed E-state index contributed by atoms with van der Waals surface area (Å²) in [6.45, 7) is 4.82. The monoisotopic (exact) mass is 310 g/mol. The van der Waals surface area contributed by atoms with Crippen LogP contribution in [0, 0.1) is 11.8 Å². The van der Waals surface area contributed by atoms with Crippen molar-refractivity contribution in [2.24, 2.45) is 18.9 Å². The van der Waals surface area contributed by atoms with Gasteiger partial charge in [-0.2, -0.15) is 0 Å². The third-order valence-electron chi connectivity index (χ3n) is 5.12. The van der Waals surface area contributed by atoms with Crippen molar-refractivity contribution in [3.05, 3.63) is 54.1 Å². The van der Waals surface area contributed by atoms with Gasteiger partial charge in [0.15, 0.2) is 0 Å². The van der Waals surface area contributed by atoms with Crippen molar-refractivity contribution in [1.82, 2.24) is 19.4 Å². The molecule has 2 fully saturated rings. The number of carbonyl (C=O) groups is 1. The molecule has 2 aliphatic rings. The van der Waals surface area contributed by atoms with E-state index in [1.807, 2.05) is 53.2 Å². The van der Waals surface area contributed by atoms with Crippen LogP contribution in [0.4, 0.5) is 0 Å². The third kappa shape index (κ3) is 2.77. The highest BCUT2D eigenvalue weighted by Gasteiger charge is 2.41. The molecule has 120 valence electrons. The van der Waals surface area contributed by atoms with E-state index in [-0.39, 0.29) is 5.91 Å². The molecule has 5 heteroatoms. The number of aryl methyl sites for hydroxylation is 1. The smallest absolute Gasteiger partial charge is 0.270 e. The summed E-state index contributed by atoms with van der Waals surface area (Å²) in [6, 6.07) is 9.91. The summed E-state index contributed by atoms with van der Waals surface area (Å²) in [6.07, 6.45) is 3.78. The zero-order valence-corrected chi connectivity index (χ0v) is 13.4. The summed E-state index contributed by atoms with van der Waals surface area (Å²) in [5, 5.41) is 0. The lowest BCUT2D eigenvalue weighted by atomic mass is 10.0. The molecule has 2 saturated heterocycles. The van der Waals surface area contributed by atoms with Crippen molar-refractivity contribution in [1.29, 1.82) is 0 Å². The van der Waals surface area contributed by atoms with E-state index < -0.39 is 0 Å². The van der Waals surface area contributed by atoms with Gasteiger partial charge in [0.1, 0.15) is 5.69 Å². The molecule has 2 aromatic rings. The molecule has 23 heavy (non-hydrogen) atoms. The Labute approximate surface area is 136 Å². The summed E-state index contributed by atoms with van der Waals surface area (Å²) in [5.74, 6) is 1.37. The Morgan fingerprint density at radius 1 is 1.13 bits per heavy atom. The quantitative estimate of drug-likeness (QED) is 0.865. The number of pyridine rings is 1. The molecule has 2 atom stereocenters. The standard InChI is InChI=1S/C18H22N4O/c1-20-8-4-6-17(20)18(23)22-11-14-9-21(10-15(14)12-22)13-16-5-2-3-7-19-16/h2-8,14-15H,9-13H2,1H3. The number of carbonyl (C=O) groups excluding carboxylic acids is 1. The van der Waals surface area contributed by atoms with E-state index in [1.54, 1.807) is 0 Å². The van der Waals surface area contributed by atoms with Crippen LogP contribution in [0.15, 0.2) is 42.7 Å². The second-order valence-electron chi connectivity index (χ2n) is 6.75. The van der Waals surface area contributed by atoms with E-state index in [9.17, 15) is 4.79 Å². The van der Waals surface area contributed by atoms with Gasteiger partial charge < -0.3 is 9.47 Å². The van der Waals surface area contributed by atoms with Crippen LogP contribution < -0.4 is 0 Å². The van der Waals surface area contributed by atoms with Crippen molar-refractivity contribution >= 4 is 5.91 Å². The molecule has 4 rings (SSSR count). The Morgan fingerprint density at radius 2 is 1.91 bits per heavy atom. The van der Waals surface area contributed by atoms with Crippen molar-refractivity contribution < 1.29 is 4.79 Å². The molecular weight excluding hydrogens is 288 g/mol. The summed E-state index contributed by atoms with van der Waals surface area (Å²) in [5.41, 5.74) is 1.92. The Bertz CT molecular complexity index is 682. The second-order valence-corrected chi connectivity index (χ2v) is 6.75. The number of hydrogen-bond acceptors (Lipinski definition) is 3. The van der Waals surface area contributed by atoms with Gasteiger partial charge in [-0.15, -0.1) is 0 Å². The molecule has 0 aliphatic carbocycles. The number of amides is 1. The van der Waals surface area contributed by atoms with Gasteiger partial charge in [0.05, 0.1) is 5.69 Å². The van der Waals surface area contributed by atoms with Crippen LogP contribution in [0.2, 0.25) is 0 Å². The second kappa shape index (κ2) is 5.81. The van der Waals surface area contributed by atoms with Crippen LogP contribution in [0.3, 0.4) is 0 Å². The lowest BCUT2D eigenvalue weighted by molar-refractivity contribution is 0.0764. The highest BCUT2D eigenvalue weighted by atomic mass is 16.2. The first kappa shape index (κ1) is 14.5. The summed E-state index contributed by atoms with van der Waals surface area (Å²) in [4.78, 5) is 21.5. The molecule has 0 bridgehead atoms. The van der Waals surface area contributed by atoms with Crippen molar-refractivity contribution in [2.75, 3.05) is 26.2 Å². The highest BCUT2D eigenvalue weighted by Crippen LogP contribution is 2.32. The number of hydrogen-bond donors (Lipinski definition) is 0. The number of nitrogens with zero attached hydrogens (tertiary/aromatic N) is 4. The van der Waals surface area contributed by atoms with E-state index in [0.29, 0.717) is 11.8 Å². The number of fused-ring (bicyclic) bond motifs is 1. The topological polar surface area (TPSA) is 41.4 Å². The van der Waals surface area contributed by atoms with Gasteiger partial charge in [-0.05, 0) is 36.1 Å². The van der Waals surface area contributed by atoms with Crippen molar-refractivity contribution in [2.45, 2.75) is 6.54 Å². The average Bonchev–Trinajstić information content (AvgIpc) is 3.22. The maximum atomic E-state index is 12.6. The highest BCUT2D eigenvalue weighted by molar-refractivity contribution is 5.93. The zero-order valence-electron chi connectivity index (χ0n) is 13.4. The maximum Gasteiger partial charge on any atom is 0.270 e. The maximum absolute atomic E-state index is 12.6. The lowest BCUT2D eigenvalue weighted by Crippen LogP contribution is -2.34. The SMILES string of the molecule is Cn1cccc1C(=O)N1CC2CN(Cc3ccccn3)CC2C1. The molecule has 0 aromatic carbocycles. The van der Waals surface area contributed by atoms with Crippen LogP contribution in [-0.4, -0.2) is 51.4 Å². The number of aromatic nitrogens is 2. The van der Waals surface area contributed by atoms with Crippen LogP contribution in [0.5, 0.6) is 0 Å². The fraction of sp³-hybridized carbons (Fsp3) is 0.444. The molecule has 0 N–H and O–H groups in total. The van der Waals surface area contributed by atoms with Gasteiger partial charge in [-0.3, -0.25) is 14.7 Å². The fourth-order valence-corrected chi connectivity index (χ4v) is 3.95. The Balaban J connectivity index is 1.37. The van der Waals surface area contributed by atoms with Crippen LogP contribution in [0.25, 0.3) is 0 Å². The van der Waals surface area contributed by atoms with E-state index in [4.69, 9.17) is 0 Å². The predicted molar refractivity (Wildman–Crippen MR) is 87.8 cm³/mol. The first-order valence-corrected chi connectivity index (χ1v) is 8.23. The van der Waals surface area contributed by atoms with Crippen LogP contribution in [0.1, 0.15) is 16.2 Å².